The summed E-state index contributed by atoms with van der Waals surface area (Å²) in [5.74, 6) is 0.564. The van der Waals surface area contributed by atoms with E-state index in [1.165, 1.54) is 59.4 Å². The molecule has 1 nitrogen and oxygen atoms in total. The van der Waals surface area contributed by atoms with Gasteiger partial charge in [0.05, 0.1) is 6.10 Å². The van der Waals surface area contributed by atoms with Crippen LogP contribution in [0.2, 0.25) is 0 Å². The summed E-state index contributed by atoms with van der Waals surface area (Å²) in [4.78, 5) is 2.89. The summed E-state index contributed by atoms with van der Waals surface area (Å²) in [5, 5.41) is 11.4. The van der Waals surface area contributed by atoms with Crippen LogP contribution in [-0.4, -0.2) is 5.11 Å². The van der Waals surface area contributed by atoms with E-state index >= 15 is 0 Å². The quantitative estimate of drug-likeness (QED) is 0.388. The molecule has 1 aliphatic rings. The first-order chi connectivity index (χ1) is 13.6. The second-order valence-electron chi connectivity index (χ2n) is 8.09. The molecule has 28 heavy (non-hydrogen) atoms. The van der Waals surface area contributed by atoms with Gasteiger partial charge in [0.1, 0.15) is 0 Å². The van der Waals surface area contributed by atoms with Crippen LogP contribution in [0.1, 0.15) is 85.3 Å². The van der Waals surface area contributed by atoms with E-state index < -0.39 is 0 Å². The Balaban J connectivity index is 1.59. The summed E-state index contributed by atoms with van der Waals surface area (Å²) in [6.07, 6.45) is 9.71. The molecule has 2 aromatic rings. The molecule has 0 radical (unpaired) electrons. The standard InChI is InChI=1S/C25H33ClOS/c1-3-4-5-9-24(27)19-11-13-21(14-12-19)25-20(15-17-23(25)26)7-6-8-22-16-10-18(2)28-22/h10-14,16,20,24,27H,3-9,15,17H2,1-2H3/t20-,24-/m0/s1. The highest BCUT2D eigenvalue weighted by Crippen LogP contribution is 2.43. The number of benzene rings is 1. The number of aliphatic hydroxyl groups is 1. The molecule has 0 amide bonds. The number of hydrogen-bond donors (Lipinski definition) is 1. The van der Waals surface area contributed by atoms with Crippen molar-refractivity contribution in [1.29, 1.82) is 0 Å². The molecule has 1 heterocycles. The van der Waals surface area contributed by atoms with E-state index in [1.54, 1.807) is 0 Å². The average Bonchev–Trinajstić information content (AvgIpc) is 3.27. The van der Waals surface area contributed by atoms with Gasteiger partial charge >= 0.3 is 0 Å². The number of hydrogen-bond acceptors (Lipinski definition) is 2. The largest absolute Gasteiger partial charge is 0.388 e. The van der Waals surface area contributed by atoms with Crippen molar-refractivity contribution in [2.24, 2.45) is 5.92 Å². The number of thiophene rings is 1. The van der Waals surface area contributed by atoms with Gasteiger partial charge < -0.3 is 5.11 Å². The van der Waals surface area contributed by atoms with Gasteiger partial charge in [0, 0.05) is 14.8 Å². The van der Waals surface area contributed by atoms with E-state index in [1.807, 2.05) is 11.3 Å². The summed E-state index contributed by atoms with van der Waals surface area (Å²) in [6, 6.07) is 13.0. The van der Waals surface area contributed by atoms with Crippen molar-refractivity contribution in [2.75, 3.05) is 0 Å². The van der Waals surface area contributed by atoms with E-state index in [9.17, 15) is 5.11 Å². The van der Waals surface area contributed by atoms with Crippen molar-refractivity contribution in [1.82, 2.24) is 0 Å². The number of aliphatic hydroxyl groups excluding tert-OH is 1. The number of allylic oxidation sites excluding steroid dienone is 2. The maximum absolute atomic E-state index is 10.4. The van der Waals surface area contributed by atoms with Crippen molar-refractivity contribution >= 4 is 28.5 Å². The van der Waals surface area contributed by atoms with E-state index in [4.69, 9.17) is 11.6 Å². The molecule has 0 spiro atoms. The van der Waals surface area contributed by atoms with Gasteiger partial charge in [0.25, 0.3) is 0 Å². The summed E-state index contributed by atoms with van der Waals surface area (Å²) in [5.41, 5.74) is 3.61. The van der Waals surface area contributed by atoms with Crippen molar-refractivity contribution in [3.63, 3.8) is 0 Å². The third-order valence-corrected chi connectivity index (χ3v) is 7.33. The van der Waals surface area contributed by atoms with E-state index in [-0.39, 0.29) is 6.10 Å². The summed E-state index contributed by atoms with van der Waals surface area (Å²) in [6.45, 7) is 4.37. The van der Waals surface area contributed by atoms with Crippen LogP contribution in [0.5, 0.6) is 0 Å². The van der Waals surface area contributed by atoms with Crippen molar-refractivity contribution in [3.05, 3.63) is 62.3 Å². The highest BCUT2D eigenvalue weighted by atomic mass is 35.5. The monoisotopic (exact) mass is 416 g/mol. The van der Waals surface area contributed by atoms with E-state index in [0.29, 0.717) is 5.92 Å². The topological polar surface area (TPSA) is 20.2 Å². The fourth-order valence-electron chi connectivity index (χ4n) is 4.26. The highest BCUT2D eigenvalue weighted by molar-refractivity contribution is 7.11. The van der Waals surface area contributed by atoms with Crippen LogP contribution in [0, 0.1) is 12.8 Å². The van der Waals surface area contributed by atoms with E-state index in [0.717, 1.165) is 29.9 Å². The molecular formula is C25H33ClOS. The molecule has 0 saturated heterocycles. The lowest BCUT2D eigenvalue weighted by Gasteiger charge is -2.17. The lowest BCUT2D eigenvalue weighted by molar-refractivity contribution is 0.163. The van der Waals surface area contributed by atoms with Crippen LogP contribution in [-0.2, 0) is 6.42 Å². The van der Waals surface area contributed by atoms with Gasteiger partial charge in [-0.3, -0.25) is 0 Å². The second-order valence-corrected chi connectivity index (χ2v) is 9.92. The summed E-state index contributed by atoms with van der Waals surface area (Å²) < 4.78 is 0. The minimum Gasteiger partial charge on any atom is -0.388 e. The molecule has 1 aromatic heterocycles. The molecule has 0 fully saturated rings. The third kappa shape index (κ3) is 5.72. The molecule has 1 aromatic carbocycles. The SMILES string of the molecule is CCCCC[C@H](O)c1ccc(C2=C(Cl)CC[C@@H]2CCCc2ccc(C)s2)cc1. The fourth-order valence-corrected chi connectivity index (χ4v) is 5.57. The molecule has 1 aliphatic carbocycles. The van der Waals surface area contributed by atoms with Crippen LogP contribution in [0.4, 0.5) is 0 Å². The van der Waals surface area contributed by atoms with Gasteiger partial charge in [-0.05, 0) is 80.2 Å². The van der Waals surface area contributed by atoms with Gasteiger partial charge in [0.2, 0.25) is 0 Å². The summed E-state index contributed by atoms with van der Waals surface area (Å²) in [7, 11) is 0. The number of halogens is 1. The Morgan fingerprint density at radius 2 is 1.89 bits per heavy atom. The maximum atomic E-state index is 10.4. The third-order valence-electron chi connectivity index (χ3n) is 5.87. The minimum absolute atomic E-state index is 0.348. The maximum Gasteiger partial charge on any atom is 0.0790 e. The molecule has 0 aliphatic heterocycles. The molecule has 152 valence electrons. The Bertz CT molecular complexity index is 774. The number of rotatable bonds is 10. The van der Waals surface area contributed by atoms with E-state index in [2.05, 4.69) is 50.2 Å². The zero-order chi connectivity index (χ0) is 19.9. The van der Waals surface area contributed by atoms with Gasteiger partial charge in [-0.15, -0.1) is 11.3 Å². The first-order valence-electron chi connectivity index (χ1n) is 10.8. The average molecular weight is 417 g/mol. The Morgan fingerprint density at radius 1 is 1.11 bits per heavy atom. The van der Waals surface area contributed by atoms with Crippen LogP contribution < -0.4 is 0 Å². The lowest BCUT2D eigenvalue weighted by Crippen LogP contribution is -2.02. The van der Waals surface area contributed by atoms with Gasteiger partial charge in [-0.1, -0.05) is 62.1 Å². The molecule has 3 heteroatoms. The molecule has 2 atom stereocenters. The molecule has 1 N–H and O–H groups in total. The summed E-state index contributed by atoms with van der Waals surface area (Å²) >= 11 is 8.54. The minimum atomic E-state index is -0.348. The smallest absolute Gasteiger partial charge is 0.0790 e. The Labute approximate surface area is 179 Å². The zero-order valence-electron chi connectivity index (χ0n) is 17.2. The van der Waals surface area contributed by atoms with Crippen molar-refractivity contribution in [3.8, 4) is 0 Å². The Kier molecular flexibility index (Phi) is 8.20. The van der Waals surface area contributed by atoms with Crippen molar-refractivity contribution in [2.45, 2.75) is 77.7 Å². The predicted octanol–water partition coefficient (Wildman–Crippen LogP) is 8.05. The molecule has 0 saturated carbocycles. The Hall–Kier alpha value is -1.09. The first-order valence-corrected chi connectivity index (χ1v) is 12.0. The first kappa shape index (κ1) is 21.6. The molecule has 0 bridgehead atoms. The molecule has 3 rings (SSSR count). The van der Waals surface area contributed by atoms with Crippen LogP contribution >= 0.6 is 22.9 Å². The number of unbranched alkanes of at least 4 members (excludes halogenated alkanes) is 2. The van der Waals surface area contributed by atoms with Crippen molar-refractivity contribution < 1.29 is 5.11 Å². The highest BCUT2D eigenvalue weighted by Gasteiger charge is 2.25. The fraction of sp³-hybridized carbons (Fsp3) is 0.520. The lowest BCUT2D eigenvalue weighted by atomic mass is 9.89. The predicted molar refractivity (Wildman–Crippen MR) is 123 cm³/mol. The zero-order valence-corrected chi connectivity index (χ0v) is 18.8. The van der Waals surface area contributed by atoms with Crippen LogP contribution in [0.3, 0.4) is 0 Å². The van der Waals surface area contributed by atoms with Crippen LogP contribution in [0.25, 0.3) is 5.57 Å². The van der Waals surface area contributed by atoms with Crippen LogP contribution in [0.15, 0.2) is 41.4 Å². The molecular weight excluding hydrogens is 384 g/mol. The second kappa shape index (κ2) is 10.6. The molecule has 0 unspecified atom stereocenters. The van der Waals surface area contributed by atoms with Gasteiger partial charge in [-0.25, -0.2) is 0 Å². The van der Waals surface area contributed by atoms with Gasteiger partial charge in [0.15, 0.2) is 0 Å². The number of aryl methyl sites for hydroxylation is 2. The van der Waals surface area contributed by atoms with Gasteiger partial charge in [-0.2, -0.15) is 0 Å². The Morgan fingerprint density at radius 3 is 2.57 bits per heavy atom. The normalized spacial score (nSPS) is 18.1.